The van der Waals surface area contributed by atoms with Gasteiger partial charge in [-0.1, -0.05) is 79.1 Å². The lowest BCUT2D eigenvalue weighted by atomic mass is 10.1. The molecule has 6 aromatic rings. The van der Waals surface area contributed by atoms with Crippen LogP contribution in [0.4, 0.5) is 0 Å². The zero-order valence-corrected chi connectivity index (χ0v) is 84.5. The number of rotatable bonds is 42. The molecule has 6 aromatic carbocycles. The monoisotopic (exact) mass is 1930 g/mol. The minimum atomic E-state index is -0.410. The molecule has 6 aliphatic rings. The summed E-state index contributed by atoms with van der Waals surface area (Å²) in [4.78, 5) is 87.7. The van der Waals surface area contributed by atoms with E-state index in [2.05, 4.69) is 84.8 Å². The fourth-order valence-corrected chi connectivity index (χ4v) is 16.5. The molecule has 30 nitrogen and oxygen atoms in total. The maximum Gasteiger partial charge on any atom is 0.341 e. The van der Waals surface area contributed by atoms with Crippen LogP contribution in [0.1, 0.15) is 299 Å². The fourth-order valence-electron chi connectivity index (χ4n) is 16.5. The molecule has 0 aromatic heterocycles. The van der Waals surface area contributed by atoms with Crippen LogP contribution < -0.4 is 28.4 Å². The van der Waals surface area contributed by atoms with Gasteiger partial charge in [0.2, 0.25) is 0 Å². The summed E-state index contributed by atoms with van der Waals surface area (Å²) in [5.74, 6) is 0.0850. The van der Waals surface area contributed by atoms with Crippen molar-refractivity contribution in [2.75, 3.05) is 158 Å². The minimum absolute atomic E-state index is 0.0279. The van der Waals surface area contributed by atoms with Crippen LogP contribution in [-0.2, 0) is 28.4 Å². The largest absolute Gasteiger partial charge is 0.508 e. The number of piperidine rings is 6. The van der Waals surface area contributed by atoms with Crippen LogP contribution >= 0.6 is 0 Å². The Morgan fingerprint density at radius 3 is 0.696 bits per heavy atom. The standard InChI is InChI=1S/2C19H29NO4.2C18H27NO4.2C17H25NO4/c1-3-4-12-23-18-13-16(21)8-9-17(18)19(22)24-14-15(2)20-10-6-5-7-11-20;1-3-4-12-23-18-13-16(8-9-17(18)21)19(22)24-14-15(2)20-10-6-5-7-11-20;1-3-11-22-17-12-15(20)7-8-16(17)18(21)23-13-14(2)19-9-5-4-6-10-19;1-3-11-22-17-12-15(7-8-16(17)20)18(21)23-13-14(2)19-9-5-4-6-10-19;1-3-21-16-11-14(19)7-8-15(16)17(20)22-12-13(2)18-9-5-4-6-10-18;1-3-21-16-11-14(7-8-15(16)19)17(20)22-12-13(2)18-9-5-4-6-10-18/h2*8-9,13,15,21H,3-7,10-12,14H2,1-2H3;2*7-8,12,14,20H,3-6,9-11,13H2,1-2H3;2*7-8,11,13,19H,3-6,9-10,12H2,1-2H3/t2*15-;2*14-;2*13-/m000000/s1. The van der Waals surface area contributed by atoms with Crippen molar-refractivity contribution >= 4 is 35.8 Å². The summed E-state index contributed by atoms with van der Waals surface area (Å²) in [7, 11) is 0. The third-order valence-electron chi connectivity index (χ3n) is 25.0. The molecule has 0 saturated carbocycles. The Labute approximate surface area is 820 Å². The van der Waals surface area contributed by atoms with Gasteiger partial charge in [0.05, 0.1) is 56.3 Å². The first-order valence-corrected chi connectivity index (χ1v) is 50.9. The quantitative estimate of drug-likeness (QED) is 0.0118. The predicted molar refractivity (Wildman–Crippen MR) is 534 cm³/mol. The second kappa shape index (κ2) is 64.7. The molecule has 30 heteroatoms. The molecule has 6 aliphatic heterocycles. The smallest absolute Gasteiger partial charge is 0.341 e. The number of hydrogen-bond acceptors (Lipinski definition) is 30. The van der Waals surface area contributed by atoms with E-state index in [-0.39, 0.29) is 88.7 Å². The van der Waals surface area contributed by atoms with E-state index in [9.17, 15) is 59.4 Å². The van der Waals surface area contributed by atoms with Crippen molar-refractivity contribution in [2.24, 2.45) is 0 Å². The minimum Gasteiger partial charge on any atom is -0.508 e. The van der Waals surface area contributed by atoms with E-state index in [1.807, 2.05) is 27.7 Å². The Bertz CT molecular complexity index is 4520. The summed E-state index contributed by atoms with van der Waals surface area (Å²) >= 11 is 0. The van der Waals surface area contributed by atoms with Crippen molar-refractivity contribution in [3.63, 3.8) is 0 Å². The molecule has 6 N–H and O–H groups in total. The first-order chi connectivity index (χ1) is 66.7. The van der Waals surface area contributed by atoms with Gasteiger partial charge in [-0.2, -0.15) is 0 Å². The van der Waals surface area contributed by atoms with Crippen molar-refractivity contribution in [3.8, 4) is 69.0 Å². The molecule has 138 heavy (non-hydrogen) atoms. The average Bonchev–Trinajstić information content (AvgIpc) is 0.858. The molecule has 6 heterocycles. The van der Waals surface area contributed by atoms with Crippen LogP contribution in [0.15, 0.2) is 109 Å². The van der Waals surface area contributed by atoms with Gasteiger partial charge in [-0.05, 0) is 328 Å². The van der Waals surface area contributed by atoms with Gasteiger partial charge in [0.25, 0.3) is 0 Å². The van der Waals surface area contributed by atoms with Crippen molar-refractivity contribution < 1.29 is 116 Å². The maximum atomic E-state index is 12.4. The Kier molecular flexibility index (Phi) is 53.7. The number of aromatic hydroxyl groups is 6. The summed E-state index contributed by atoms with van der Waals surface area (Å²) < 4.78 is 65.4. The second-order valence-electron chi connectivity index (χ2n) is 36.3. The predicted octanol–water partition coefficient (Wildman–Crippen LogP) is 19.3. The summed E-state index contributed by atoms with van der Waals surface area (Å²) in [6, 6.07) is 28.5. The number of unbranched alkanes of at least 4 members (excludes halogenated alkanes) is 2. The van der Waals surface area contributed by atoms with Crippen LogP contribution in [0.3, 0.4) is 0 Å². The number of hydrogen-bond donors (Lipinski definition) is 6. The van der Waals surface area contributed by atoms with Gasteiger partial charge >= 0.3 is 35.8 Å². The Morgan fingerprint density at radius 2 is 0.457 bits per heavy atom. The Hall–Kier alpha value is -10.5. The molecule has 6 fully saturated rings. The summed E-state index contributed by atoms with van der Waals surface area (Å²) in [6.45, 7) is 42.3. The highest BCUT2D eigenvalue weighted by Crippen LogP contribution is 2.34. The van der Waals surface area contributed by atoms with Gasteiger partial charge in [0, 0.05) is 54.5 Å². The number of esters is 6. The van der Waals surface area contributed by atoms with Gasteiger partial charge in [0.1, 0.15) is 90.8 Å². The number of carbonyl (C=O) groups is 6. The summed E-state index contributed by atoms with van der Waals surface area (Å²) in [5.41, 5.74) is 2.29. The van der Waals surface area contributed by atoms with Crippen molar-refractivity contribution in [2.45, 2.75) is 273 Å². The summed E-state index contributed by atoms with van der Waals surface area (Å²) in [6.07, 6.45) is 27.8. The highest BCUT2D eigenvalue weighted by molar-refractivity contribution is 5.95. The lowest BCUT2D eigenvalue weighted by Crippen LogP contribution is -2.40. The van der Waals surface area contributed by atoms with Crippen LogP contribution in [0.5, 0.6) is 69.0 Å². The number of carbonyl (C=O) groups excluding carboxylic acids is 6. The highest BCUT2D eigenvalue weighted by Gasteiger charge is 2.29. The van der Waals surface area contributed by atoms with E-state index in [1.165, 1.54) is 182 Å². The van der Waals surface area contributed by atoms with Crippen LogP contribution in [0.2, 0.25) is 0 Å². The van der Waals surface area contributed by atoms with Crippen LogP contribution in [-0.4, -0.2) is 290 Å². The van der Waals surface area contributed by atoms with E-state index < -0.39 is 17.9 Å². The maximum absolute atomic E-state index is 12.4. The van der Waals surface area contributed by atoms with Crippen LogP contribution in [0.25, 0.3) is 0 Å². The zero-order valence-electron chi connectivity index (χ0n) is 84.5. The SMILES string of the molecule is CCCCOc1cc(C(=O)OC[C@H](C)N2CCCCC2)ccc1O.CCCCOc1cc(O)ccc1C(=O)OC[C@H](C)N1CCCCC1.CCCOc1cc(C(=O)OC[C@H](C)N2CCCCC2)ccc1O.CCCOc1cc(O)ccc1C(=O)OC[C@H](C)N1CCCCC1.CCOc1cc(C(=O)OC[C@H](C)N2CCCCC2)ccc1O.CCOc1cc(O)ccc1C(=O)OC[C@H](C)N1CCCCC1. The van der Waals surface area contributed by atoms with E-state index in [4.69, 9.17) is 56.8 Å². The molecule has 0 aliphatic carbocycles. The average molecular weight is 1930 g/mol. The van der Waals surface area contributed by atoms with E-state index >= 15 is 0 Å². The van der Waals surface area contributed by atoms with Crippen LogP contribution in [0, 0.1) is 0 Å². The zero-order chi connectivity index (χ0) is 99.9. The number of nitrogens with zero attached hydrogens (tertiary/aromatic N) is 6. The molecule has 0 unspecified atom stereocenters. The number of phenols is 6. The molecule has 0 bridgehead atoms. The molecule has 768 valence electrons. The van der Waals surface area contributed by atoms with E-state index in [0.29, 0.717) is 147 Å². The first kappa shape index (κ1) is 114. The van der Waals surface area contributed by atoms with E-state index in [1.54, 1.807) is 42.5 Å². The number of benzene rings is 6. The van der Waals surface area contributed by atoms with E-state index in [0.717, 1.165) is 117 Å². The van der Waals surface area contributed by atoms with Gasteiger partial charge in [-0.25, -0.2) is 28.8 Å². The van der Waals surface area contributed by atoms with Crippen molar-refractivity contribution in [1.82, 2.24) is 29.4 Å². The molecular formula is C108H162N6O24. The lowest BCUT2D eigenvalue weighted by molar-refractivity contribution is 0.0336. The number of ether oxygens (including phenoxy) is 12. The molecule has 0 spiro atoms. The van der Waals surface area contributed by atoms with Gasteiger partial charge in [-0.15, -0.1) is 0 Å². The van der Waals surface area contributed by atoms with Crippen molar-refractivity contribution in [1.29, 1.82) is 0 Å². The molecular weight excluding hydrogens is 1770 g/mol. The number of likely N-dealkylation sites (tertiary alicyclic amines) is 6. The highest BCUT2D eigenvalue weighted by atomic mass is 16.6. The van der Waals surface area contributed by atoms with Crippen molar-refractivity contribution in [3.05, 3.63) is 143 Å². The third kappa shape index (κ3) is 41.1. The first-order valence-electron chi connectivity index (χ1n) is 50.9. The fraction of sp³-hybridized carbons (Fsp3) is 0.611. The van der Waals surface area contributed by atoms with Gasteiger partial charge in [0.15, 0.2) is 34.5 Å². The third-order valence-corrected chi connectivity index (χ3v) is 25.0. The molecule has 0 amide bonds. The molecule has 12 rings (SSSR count). The molecule has 0 radical (unpaired) electrons. The summed E-state index contributed by atoms with van der Waals surface area (Å²) in [5, 5.41) is 57.9. The molecule has 6 atom stereocenters. The van der Waals surface area contributed by atoms with Gasteiger partial charge in [-0.3, -0.25) is 29.4 Å². The lowest BCUT2D eigenvalue weighted by Gasteiger charge is -2.31. The topological polar surface area (TPSA) is 354 Å². The number of phenolic OH excluding ortho intramolecular Hbond substituents is 6. The molecule has 6 saturated heterocycles. The second-order valence-corrected chi connectivity index (χ2v) is 36.3. The Morgan fingerprint density at radius 1 is 0.246 bits per heavy atom. The Balaban J connectivity index is 0.000000225. The van der Waals surface area contributed by atoms with Gasteiger partial charge < -0.3 is 87.5 Å². The normalized spacial score (nSPS) is 16.8.